The second-order valence-electron chi connectivity index (χ2n) is 4.44. The van der Waals surface area contributed by atoms with Crippen LogP contribution in [0.15, 0.2) is 29.1 Å². The first-order valence-corrected chi connectivity index (χ1v) is 5.83. The number of aromatic amines is 1. The SMILES string of the molecule is C[B]c1cc2ccc(NC(C)C)cc2[nH]c1=O. The Morgan fingerprint density at radius 3 is 2.71 bits per heavy atom. The molecule has 17 heavy (non-hydrogen) atoms. The van der Waals surface area contributed by atoms with E-state index in [2.05, 4.69) is 24.1 Å². The molecule has 1 aromatic carbocycles. The van der Waals surface area contributed by atoms with Crippen LogP contribution in [0.25, 0.3) is 10.9 Å². The van der Waals surface area contributed by atoms with E-state index >= 15 is 0 Å². The minimum absolute atomic E-state index is 0.0401. The van der Waals surface area contributed by atoms with Crippen molar-refractivity contribution < 1.29 is 0 Å². The number of anilines is 1. The van der Waals surface area contributed by atoms with E-state index in [0.717, 1.165) is 16.6 Å². The highest BCUT2D eigenvalue weighted by molar-refractivity contribution is 6.52. The summed E-state index contributed by atoms with van der Waals surface area (Å²) in [6, 6.07) is 8.30. The van der Waals surface area contributed by atoms with Gasteiger partial charge in [-0.2, -0.15) is 0 Å². The summed E-state index contributed by atoms with van der Waals surface area (Å²) in [4.78, 5) is 14.6. The van der Waals surface area contributed by atoms with E-state index in [1.807, 2.05) is 38.4 Å². The fourth-order valence-corrected chi connectivity index (χ4v) is 1.86. The average Bonchev–Trinajstić information content (AvgIpc) is 2.27. The van der Waals surface area contributed by atoms with Gasteiger partial charge >= 0.3 is 0 Å². The molecule has 0 spiro atoms. The molecule has 0 amide bonds. The largest absolute Gasteiger partial charge is 0.383 e. The molecule has 1 heterocycles. The van der Waals surface area contributed by atoms with Gasteiger partial charge in [-0.3, -0.25) is 4.79 Å². The van der Waals surface area contributed by atoms with E-state index in [4.69, 9.17) is 0 Å². The number of fused-ring (bicyclic) bond motifs is 1. The number of rotatable bonds is 3. The first-order chi connectivity index (χ1) is 8.10. The molecular weight excluding hydrogens is 211 g/mol. The Morgan fingerprint density at radius 1 is 1.29 bits per heavy atom. The molecule has 0 saturated carbocycles. The van der Waals surface area contributed by atoms with Gasteiger partial charge in [0, 0.05) is 11.7 Å². The number of pyridine rings is 1. The van der Waals surface area contributed by atoms with Crippen LogP contribution in [0.2, 0.25) is 6.82 Å². The molecule has 0 saturated heterocycles. The maximum atomic E-state index is 11.7. The maximum Gasteiger partial charge on any atom is 0.242 e. The van der Waals surface area contributed by atoms with E-state index in [1.165, 1.54) is 0 Å². The molecule has 2 aromatic rings. The molecule has 2 N–H and O–H groups in total. The lowest BCUT2D eigenvalue weighted by Gasteiger charge is -2.10. The van der Waals surface area contributed by atoms with Gasteiger partial charge < -0.3 is 10.3 Å². The lowest BCUT2D eigenvalue weighted by Crippen LogP contribution is -2.31. The zero-order valence-corrected chi connectivity index (χ0v) is 10.4. The number of H-pyrrole nitrogens is 1. The van der Waals surface area contributed by atoms with Crippen LogP contribution in [0, 0.1) is 0 Å². The molecule has 0 atom stereocenters. The minimum Gasteiger partial charge on any atom is -0.383 e. The van der Waals surface area contributed by atoms with E-state index in [-0.39, 0.29) is 5.56 Å². The van der Waals surface area contributed by atoms with Crippen LogP contribution in [0.4, 0.5) is 5.69 Å². The summed E-state index contributed by atoms with van der Waals surface area (Å²) in [5.41, 5.74) is 2.56. The third-order valence-corrected chi connectivity index (χ3v) is 2.64. The van der Waals surface area contributed by atoms with Crippen LogP contribution in [0.5, 0.6) is 0 Å². The summed E-state index contributed by atoms with van der Waals surface area (Å²) in [5.74, 6) is 0. The summed E-state index contributed by atoms with van der Waals surface area (Å²) in [5, 5.41) is 4.36. The fraction of sp³-hybridized carbons (Fsp3) is 0.308. The second kappa shape index (κ2) is 4.66. The van der Waals surface area contributed by atoms with E-state index in [1.54, 1.807) is 0 Å². The molecule has 0 bridgehead atoms. The Kier molecular flexibility index (Phi) is 3.22. The number of benzene rings is 1. The maximum absolute atomic E-state index is 11.7. The van der Waals surface area contributed by atoms with Crippen LogP contribution in [-0.2, 0) is 0 Å². The predicted molar refractivity (Wildman–Crippen MR) is 74.6 cm³/mol. The second-order valence-corrected chi connectivity index (χ2v) is 4.44. The van der Waals surface area contributed by atoms with Gasteiger partial charge in [0.1, 0.15) is 0 Å². The van der Waals surface area contributed by atoms with E-state index < -0.39 is 0 Å². The zero-order valence-electron chi connectivity index (χ0n) is 10.4. The van der Waals surface area contributed by atoms with Gasteiger partial charge in [0.2, 0.25) is 5.56 Å². The summed E-state index contributed by atoms with van der Waals surface area (Å²) in [7, 11) is 1.82. The molecule has 4 heteroatoms. The normalized spacial score (nSPS) is 10.8. The summed E-state index contributed by atoms with van der Waals surface area (Å²) in [6.45, 7) is 6.04. The van der Waals surface area contributed by atoms with Gasteiger partial charge in [-0.1, -0.05) is 19.0 Å². The summed E-state index contributed by atoms with van der Waals surface area (Å²) >= 11 is 0. The first-order valence-electron chi connectivity index (χ1n) is 5.83. The van der Waals surface area contributed by atoms with Gasteiger partial charge in [-0.25, -0.2) is 0 Å². The van der Waals surface area contributed by atoms with Gasteiger partial charge in [-0.05, 0) is 36.8 Å². The van der Waals surface area contributed by atoms with E-state index in [9.17, 15) is 4.79 Å². The van der Waals surface area contributed by atoms with Crippen molar-refractivity contribution in [2.75, 3.05) is 5.32 Å². The molecule has 1 aromatic heterocycles. The highest BCUT2D eigenvalue weighted by Gasteiger charge is 2.03. The molecule has 1 radical (unpaired) electrons. The zero-order chi connectivity index (χ0) is 12.4. The van der Waals surface area contributed by atoms with Crippen molar-refractivity contribution in [1.29, 1.82) is 0 Å². The van der Waals surface area contributed by atoms with Crippen LogP contribution in [0.1, 0.15) is 13.8 Å². The van der Waals surface area contributed by atoms with Crippen molar-refractivity contribution in [3.63, 3.8) is 0 Å². The Balaban J connectivity index is 2.51. The van der Waals surface area contributed by atoms with Gasteiger partial charge in [0.15, 0.2) is 7.28 Å². The topological polar surface area (TPSA) is 44.9 Å². The molecule has 87 valence electrons. The van der Waals surface area contributed by atoms with Crippen molar-refractivity contribution in [1.82, 2.24) is 4.98 Å². The van der Waals surface area contributed by atoms with Crippen molar-refractivity contribution in [2.24, 2.45) is 0 Å². The Hall–Kier alpha value is -1.71. The number of nitrogens with one attached hydrogen (secondary N) is 2. The Morgan fingerprint density at radius 2 is 2.06 bits per heavy atom. The van der Waals surface area contributed by atoms with Crippen molar-refractivity contribution in [2.45, 2.75) is 26.7 Å². The smallest absolute Gasteiger partial charge is 0.242 e. The van der Waals surface area contributed by atoms with Gasteiger partial charge in [-0.15, -0.1) is 0 Å². The molecule has 0 unspecified atom stereocenters. The number of hydrogen-bond donors (Lipinski definition) is 2. The molecule has 3 nitrogen and oxygen atoms in total. The molecular formula is C13H16BN2O. The summed E-state index contributed by atoms with van der Waals surface area (Å²) < 4.78 is 0. The van der Waals surface area contributed by atoms with Gasteiger partial charge in [0.05, 0.1) is 5.52 Å². The fourth-order valence-electron chi connectivity index (χ4n) is 1.86. The summed E-state index contributed by atoms with van der Waals surface area (Å²) in [6.07, 6.45) is 0. The van der Waals surface area contributed by atoms with Gasteiger partial charge in [0.25, 0.3) is 0 Å². The van der Waals surface area contributed by atoms with Crippen LogP contribution >= 0.6 is 0 Å². The predicted octanol–water partition coefficient (Wildman–Crippen LogP) is 1.73. The van der Waals surface area contributed by atoms with E-state index in [0.29, 0.717) is 11.5 Å². The lowest BCUT2D eigenvalue weighted by molar-refractivity contribution is 0.900. The Bertz CT molecular complexity index is 589. The van der Waals surface area contributed by atoms with Crippen molar-refractivity contribution in [3.05, 3.63) is 34.6 Å². The lowest BCUT2D eigenvalue weighted by atomic mass is 9.74. The highest BCUT2D eigenvalue weighted by atomic mass is 16.1. The molecule has 0 aliphatic heterocycles. The third kappa shape index (κ3) is 2.52. The average molecular weight is 227 g/mol. The first kappa shape index (κ1) is 11.8. The van der Waals surface area contributed by atoms with Crippen molar-refractivity contribution >= 4 is 29.3 Å². The van der Waals surface area contributed by atoms with Crippen LogP contribution < -0.4 is 16.3 Å². The van der Waals surface area contributed by atoms with Crippen LogP contribution in [0.3, 0.4) is 0 Å². The number of aromatic nitrogens is 1. The molecule has 0 aliphatic carbocycles. The van der Waals surface area contributed by atoms with Crippen LogP contribution in [-0.4, -0.2) is 18.3 Å². The standard InChI is InChI=1S/C13H16BN2O/c1-8(2)15-10-5-4-9-6-11(14-3)13(17)16-12(9)7-10/h4-8,15H,1-3H3,(H,16,17). The quantitative estimate of drug-likeness (QED) is 0.784. The monoisotopic (exact) mass is 227 g/mol. The molecule has 0 aliphatic rings. The highest BCUT2D eigenvalue weighted by Crippen LogP contribution is 2.16. The van der Waals surface area contributed by atoms with Crippen molar-refractivity contribution in [3.8, 4) is 0 Å². The molecule has 0 fully saturated rings. The third-order valence-electron chi connectivity index (χ3n) is 2.64. The molecule has 2 rings (SSSR count). The number of hydrogen-bond acceptors (Lipinski definition) is 2. The minimum atomic E-state index is -0.0401. The Labute approximate surface area is 101 Å².